The van der Waals surface area contributed by atoms with Gasteiger partial charge in [-0.05, 0) is 19.3 Å². The molecule has 1 unspecified atom stereocenters. The molecule has 1 fully saturated rings. The van der Waals surface area contributed by atoms with Crippen LogP contribution >= 0.6 is 0 Å². The summed E-state index contributed by atoms with van der Waals surface area (Å²) < 4.78 is 5.39. The van der Waals surface area contributed by atoms with E-state index in [4.69, 9.17) is 14.5 Å². The molecule has 1 saturated heterocycles. The molecule has 0 aliphatic carbocycles. The van der Waals surface area contributed by atoms with E-state index in [-0.39, 0.29) is 6.10 Å². The first-order valence-electron chi connectivity index (χ1n) is 5.79. The molecule has 1 aliphatic heterocycles. The van der Waals surface area contributed by atoms with Gasteiger partial charge in [-0.1, -0.05) is 26.2 Å². The van der Waals surface area contributed by atoms with Crippen LogP contribution in [0.25, 0.3) is 0 Å². The summed E-state index contributed by atoms with van der Waals surface area (Å²) in [5.74, 6) is 0. The molecule has 3 nitrogen and oxygen atoms in total. The van der Waals surface area contributed by atoms with Gasteiger partial charge in [0.25, 0.3) is 0 Å². The minimum Gasteiger partial charge on any atom is -0.376 e. The molecule has 0 radical (unpaired) electrons. The molecule has 14 heavy (non-hydrogen) atoms. The third-order valence-electron chi connectivity index (χ3n) is 2.44. The molecule has 1 rings (SSSR count). The second-order valence-electron chi connectivity index (χ2n) is 3.80. The molecule has 1 atom stereocenters. The lowest BCUT2D eigenvalue weighted by atomic mass is 10.2. The number of unbranched alkanes of at least 4 members (excludes halogenated alkanes) is 3. The van der Waals surface area contributed by atoms with Crippen molar-refractivity contribution in [1.29, 1.82) is 0 Å². The highest BCUT2D eigenvalue weighted by Gasteiger charge is 2.15. The first-order chi connectivity index (χ1) is 6.93. The first kappa shape index (κ1) is 12.0. The molecule has 0 aromatic heterocycles. The Balaban J connectivity index is 1.75. The highest BCUT2D eigenvalue weighted by molar-refractivity contribution is 4.62. The fourth-order valence-corrected chi connectivity index (χ4v) is 1.55. The van der Waals surface area contributed by atoms with Crippen LogP contribution in [0, 0.1) is 0 Å². The average Bonchev–Trinajstić information content (AvgIpc) is 2.69. The summed E-state index contributed by atoms with van der Waals surface area (Å²) in [5, 5.41) is 0. The number of hydrogen-bond donors (Lipinski definition) is 0. The average molecular weight is 202 g/mol. The van der Waals surface area contributed by atoms with E-state index in [1.54, 1.807) is 0 Å². The standard InChI is InChI=1S/C11H22O3/c1-2-3-4-5-9-13-14-10-11-7-6-8-12-11/h11H,2-10H2,1H3. The van der Waals surface area contributed by atoms with E-state index in [2.05, 4.69) is 6.92 Å². The van der Waals surface area contributed by atoms with Crippen LogP contribution in [-0.4, -0.2) is 25.9 Å². The molecule has 0 N–H and O–H groups in total. The van der Waals surface area contributed by atoms with E-state index in [1.807, 2.05) is 0 Å². The van der Waals surface area contributed by atoms with Gasteiger partial charge in [-0.15, -0.1) is 0 Å². The molecule has 0 spiro atoms. The van der Waals surface area contributed by atoms with Crippen LogP contribution < -0.4 is 0 Å². The molecule has 1 aliphatic rings. The minimum atomic E-state index is 0.269. The van der Waals surface area contributed by atoms with E-state index in [0.29, 0.717) is 13.2 Å². The summed E-state index contributed by atoms with van der Waals surface area (Å²) in [6, 6.07) is 0. The molecule has 0 saturated carbocycles. The second kappa shape index (κ2) is 8.21. The maximum absolute atomic E-state index is 5.39. The monoisotopic (exact) mass is 202 g/mol. The van der Waals surface area contributed by atoms with Crippen molar-refractivity contribution >= 4 is 0 Å². The Morgan fingerprint density at radius 1 is 1.21 bits per heavy atom. The topological polar surface area (TPSA) is 27.7 Å². The molecule has 0 amide bonds. The summed E-state index contributed by atoms with van der Waals surface area (Å²) in [5.41, 5.74) is 0. The van der Waals surface area contributed by atoms with Gasteiger partial charge in [0, 0.05) is 6.61 Å². The Hall–Kier alpha value is -0.120. The van der Waals surface area contributed by atoms with Gasteiger partial charge in [0.2, 0.25) is 0 Å². The molecule has 0 bridgehead atoms. The smallest absolute Gasteiger partial charge is 0.108 e. The summed E-state index contributed by atoms with van der Waals surface area (Å²) in [4.78, 5) is 10.1. The zero-order valence-electron chi connectivity index (χ0n) is 9.17. The third kappa shape index (κ3) is 5.58. The van der Waals surface area contributed by atoms with Gasteiger partial charge in [-0.25, -0.2) is 9.78 Å². The van der Waals surface area contributed by atoms with Gasteiger partial charge in [0.05, 0.1) is 12.7 Å². The second-order valence-corrected chi connectivity index (χ2v) is 3.80. The predicted molar refractivity (Wildman–Crippen MR) is 55.0 cm³/mol. The van der Waals surface area contributed by atoms with Crippen LogP contribution in [-0.2, 0) is 14.5 Å². The Bertz CT molecular complexity index is 122. The Kier molecular flexibility index (Phi) is 7.01. The van der Waals surface area contributed by atoms with Crippen LogP contribution in [0.2, 0.25) is 0 Å². The summed E-state index contributed by atoms with van der Waals surface area (Å²) in [6.45, 7) is 4.39. The van der Waals surface area contributed by atoms with E-state index in [9.17, 15) is 0 Å². The van der Waals surface area contributed by atoms with E-state index < -0.39 is 0 Å². The van der Waals surface area contributed by atoms with Crippen molar-refractivity contribution < 1.29 is 14.5 Å². The fourth-order valence-electron chi connectivity index (χ4n) is 1.55. The van der Waals surface area contributed by atoms with Gasteiger partial charge in [-0.2, -0.15) is 0 Å². The maximum atomic E-state index is 5.39. The molecular formula is C11H22O3. The van der Waals surface area contributed by atoms with Gasteiger partial charge in [-0.3, -0.25) is 0 Å². The number of ether oxygens (including phenoxy) is 1. The minimum absolute atomic E-state index is 0.269. The molecule has 3 heteroatoms. The van der Waals surface area contributed by atoms with E-state index in [1.165, 1.54) is 19.3 Å². The lowest BCUT2D eigenvalue weighted by Crippen LogP contribution is -2.14. The Labute approximate surface area is 86.7 Å². The SMILES string of the molecule is CCCCCCOOCC1CCCO1. The van der Waals surface area contributed by atoms with Crippen molar-refractivity contribution in [1.82, 2.24) is 0 Å². The van der Waals surface area contributed by atoms with Crippen LogP contribution in [0.5, 0.6) is 0 Å². The lowest BCUT2D eigenvalue weighted by molar-refractivity contribution is -0.305. The zero-order valence-corrected chi connectivity index (χ0v) is 9.17. The van der Waals surface area contributed by atoms with Crippen molar-refractivity contribution in [3.63, 3.8) is 0 Å². The first-order valence-corrected chi connectivity index (χ1v) is 5.79. The van der Waals surface area contributed by atoms with Crippen LogP contribution in [0.3, 0.4) is 0 Å². The van der Waals surface area contributed by atoms with Crippen LogP contribution in [0.15, 0.2) is 0 Å². The van der Waals surface area contributed by atoms with Gasteiger partial charge < -0.3 is 4.74 Å². The summed E-state index contributed by atoms with van der Waals surface area (Å²) in [6.07, 6.45) is 7.42. The fraction of sp³-hybridized carbons (Fsp3) is 1.00. The van der Waals surface area contributed by atoms with Gasteiger partial charge in [0.15, 0.2) is 0 Å². The van der Waals surface area contributed by atoms with Gasteiger partial charge in [0.1, 0.15) is 6.61 Å². The van der Waals surface area contributed by atoms with Crippen molar-refractivity contribution in [2.24, 2.45) is 0 Å². The highest BCUT2D eigenvalue weighted by atomic mass is 17.2. The molecule has 0 aromatic rings. The maximum Gasteiger partial charge on any atom is 0.108 e. The molecule has 1 heterocycles. The van der Waals surface area contributed by atoms with Crippen LogP contribution in [0.4, 0.5) is 0 Å². The van der Waals surface area contributed by atoms with Crippen molar-refractivity contribution in [3.05, 3.63) is 0 Å². The Morgan fingerprint density at radius 3 is 2.86 bits per heavy atom. The largest absolute Gasteiger partial charge is 0.376 e. The van der Waals surface area contributed by atoms with Crippen molar-refractivity contribution in [2.75, 3.05) is 19.8 Å². The Morgan fingerprint density at radius 2 is 2.14 bits per heavy atom. The van der Waals surface area contributed by atoms with E-state index >= 15 is 0 Å². The molecule has 0 aromatic carbocycles. The van der Waals surface area contributed by atoms with Crippen molar-refractivity contribution in [2.45, 2.75) is 51.6 Å². The summed E-state index contributed by atoms with van der Waals surface area (Å²) in [7, 11) is 0. The quantitative estimate of drug-likeness (QED) is 0.344. The number of rotatable bonds is 8. The van der Waals surface area contributed by atoms with Crippen LogP contribution in [0.1, 0.15) is 45.4 Å². The highest BCUT2D eigenvalue weighted by Crippen LogP contribution is 2.12. The zero-order chi connectivity index (χ0) is 10.1. The van der Waals surface area contributed by atoms with Crippen molar-refractivity contribution in [3.8, 4) is 0 Å². The summed E-state index contributed by atoms with van der Waals surface area (Å²) >= 11 is 0. The number of hydrogen-bond acceptors (Lipinski definition) is 3. The lowest BCUT2D eigenvalue weighted by Gasteiger charge is -2.08. The molecular weight excluding hydrogens is 180 g/mol. The van der Waals surface area contributed by atoms with Gasteiger partial charge >= 0.3 is 0 Å². The predicted octanol–water partition coefficient (Wildman–Crippen LogP) is 2.69. The molecule has 84 valence electrons. The van der Waals surface area contributed by atoms with E-state index in [0.717, 1.165) is 25.9 Å². The normalized spacial score (nSPS) is 21.6. The third-order valence-corrected chi connectivity index (χ3v) is 2.44.